The maximum Gasteiger partial charge on any atom is 0.293 e. The van der Waals surface area contributed by atoms with Gasteiger partial charge in [-0.15, -0.1) is 6.58 Å². The van der Waals surface area contributed by atoms with Crippen molar-refractivity contribution in [2.45, 2.75) is 19.8 Å². The second kappa shape index (κ2) is 6.17. The van der Waals surface area contributed by atoms with Crippen molar-refractivity contribution in [3.05, 3.63) is 46.8 Å². The average molecular weight is 288 g/mol. The lowest BCUT2D eigenvalue weighted by Crippen LogP contribution is -2.02. The van der Waals surface area contributed by atoms with E-state index in [0.717, 1.165) is 0 Å². The fraction of sp³-hybridized carbons (Fsp3) is 0.286. The van der Waals surface area contributed by atoms with Crippen molar-refractivity contribution in [2.75, 3.05) is 11.9 Å². The Morgan fingerprint density at radius 2 is 2.29 bits per heavy atom. The van der Waals surface area contributed by atoms with Gasteiger partial charge in [0, 0.05) is 24.1 Å². The summed E-state index contributed by atoms with van der Waals surface area (Å²) in [7, 11) is 0. The van der Waals surface area contributed by atoms with Crippen LogP contribution in [0.4, 0.5) is 11.4 Å². The van der Waals surface area contributed by atoms with Gasteiger partial charge in [-0.25, -0.2) is 0 Å². The molecule has 21 heavy (non-hydrogen) atoms. The van der Waals surface area contributed by atoms with E-state index in [4.69, 9.17) is 4.52 Å². The molecule has 0 bridgehead atoms. The van der Waals surface area contributed by atoms with Crippen molar-refractivity contribution >= 4 is 11.4 Å². The predicted octanol–water partition coefficient (Wildman–Crippen LogP) is 3.37. The summed E-state index contributed by atoms with van der Waals surface area (Å²) < 4.78 is 5.15. The van der Waals surface area contributed by atoms with Crippen LogP contribution in [0.3, 0.4) is 0 Å². The Balaban J connectivity index is 2.38. The molecule has 1 heterocycles. The van der Waals surface area contributed by atoms with E-state index in [1.807, 2.05) is 13.8 Å². The maximum atomic E-state index is 11.2. The fourth-order valence-corrected chi connectivity index (χ4v) is 1.73. The second-order valence-corrected chi connectivity index (χ2v) is 4.77. The highest BCUT2D eigenvalue weighted by Gasteiger charge is 2.18. The number of aromatic nitrogens is 2. The lowest BCUT2D eigenvalue weighted by Gasteiger charge is -2.05. The highest BCUT2D eigenvalue weighted by molar-refractivity contribution is 5.69. The summed E-state index contributed by atoms with van der Waals surface area (Å²) in [5.41, 5.74) is 0.899. The Kier molecular flexibility index (Phi) is 4.32. The van der Waals surface area contributed by atoms with Crippen LogP contribution in [0, 0.1) is 10.1 Å². The number of nitrogens with one attached hydrogen (secondary N) is 1. The summed E-state index contributed by atoms with van der Waals surface area (Å²) in [6.07, 6.45) is 1.63. The minimum atomic E-state index is -0.450. The van der Waals surface area contributed by atoms with Crippen molar-refractivity contribution in [1.82, 2.24) is 10.1 Å². The van der Waals surface area contributed by atoms with Crippen LogP contribution in [0.5, 0.6) is 0 Å². The van der Waals surface area contributed by atoms with E-state index in [1.165, 1.54) is 6.07 Å². The molecule has 0 radical (unpaired) electrons. The van der Waals surface area contributed by atoms with Crippen LogP contribution in [0.2, 0.25) is 0 Å². The molecule has 1 N–H and O–H groups in total. The Hall–Kier alpha value is -2.70. The smallest absolute Gasteiger partial charge is 0.293 e. The minimum absolute atomic E-state index is 0.0429. The third kappa shape index (κ3) is 3.25. The zero-order chi connectivity index (χ0) is 15.4. The number of hydrogen-bond acceptors (Lipinski definition) is 6. The van der Waals surface area contributed by atoms with Gasteiger partial charge in [-0.3, -0.25) is 10.1 Å². The lowest BCUT2D eigenvalue weighted by atomic mass is 10.1. The molecule has 2 rings (SSSR count). The second-order valence-electron chi connectivity index (χ2n) is 4.77. The number of rotatable bonds is 6. The molecular formula is C14H16N4O3. The first-order valence-corrected chi connectivity index (χ1v) is 6.50. The third-order valence-electron chi connectivity index (χ3n) is 2.84. The van der Waals surface area contributed by atoms with Crippen molar-refractivity contribution in [2.24, 2.45) is 0 Å². The van der Waals surface area contributed by atoms with Crippen LogP contribution in [0.1, 0.15) is 25.6 Å². The Labute approximate surface area is 121 Å². The number of nitrogens with zero attached hydrogens (tertiary/aromatic N) is 3. The van der Waals surface area contributed by atoms with E-state index >= 15 is 0 Å². The van der Waals surface area contributed by atoms with Crippen LogP contribution in [-0.2, 0) is 0 Å². The van der Waals surface area contributed by atoms with Gasteiger partial charge in [-0.2, -0.15) is 4.98 Å². The van der Waals surface area contributed by atoms with Crippen molar-refractivity contribution in [3.8, 4) is 11.5 Å². The summed E-state index contributed by atoms with van der Waals surface area (Å²) in [4.78, 5) is 14.9. The Morgan fingerprint density at radius 3 is 2.86 bits per heavy atom. The van der Waals surface area contributed by atoms with Crippen LogP contribution in [0.25, 0.3) is 11.5 Å². The third-order valence-corrected chi connectivity index (χ3v) is 2.84. The molecule has 0 atom stereocenters. The Bertz CT molecular complexity index is 664. The number of anilines is 1. The molecule has 0 saturated heterocycles. The van der Waals surface area contributed by atoms with Gasteiger partial charge in [-0.1, -0.05) is 25.1 Å². The Morgan fingerprint density at radius 1 is 1.52 bits per heavy atom. The van der Waals surface area contributed by atoms with E-state index < -0.39 is 4.92 Å². The quantitative estimate of drug-likeness (QED) is 0.497. The van der Waals surface area contributed by atoms with Crippen molar-refractivity contribution in [3.63, 3.8) is 0 Å². The van der Waals surface area contributed by atoms with Gasteiger partial charge >= 0.3 is 0 Å². The maximum absolute atomic E-state index is 11.2. The molecule has 7 nitrogen and oxygen atoms in total. The number of hydrogen-bond donors (Lipinski definition) is 1. The molecule has 2 aromatic rings. The summed E-state index contributed by atoms with van der Waals surface area (Å²) in [6.45, 7) is 7.90. The zero-order valence-electron chi connectivity index (χ0n) is 11.9. The molecule has 0 amide bonds. The van der Waals surface area contributed by atoms with Gasteiger partial charge in [-0.05, 0) is 12.1 Å². The van der Waals surface area contributed by atoms with E-state index in [9.17, 15) is 10.1 Å². The molecule has 0 fully saturated rings. The number of benzene rings is 1. The standard InChI is InChI=1S/C14H16N4O3/c1-4-7-15-11-6-5-10(8-12(11)18(19)20)14-16-13(9(2)3)17-21-14/h4-6,8-9,15H,1,7H2,2-3H3. The van der Waals surface area contributed by atoms with Gasteiger partial charge in [0.15, 0.2) is 5.82 Å². The summed E-state index contributed by atoms with van der Waals surface area (Å²) in [5, 5.41) is 17.9. The molecule has 110 valence electrons. The van der Waals surface area contributed by atoms with Crippen molar-refractivity contribution < 1.29 is 9.45 Å². The normalized spacial score (nSPS) is 10.6. The van der Waals surface area contributed by atoms with Gasteiger partial charge in [0.05, 0.1) is 4.92 Å². The molecule has 1 aromatic heterocycles. The molecule has 0 aliphatic carbocycles. The summed E-state index contributed by atoms with van der Waals surface area (Å²) >= 11 is 0. The highest BCUT2D eigenvalue weighted by Crippen LogP contribution is 2.30. The van der Waals surface area contributed by atoms with Crippen LogP contribution in [-0.4, -0.2) is 21.6 Å². The van der Waals surface area contributed by atoms with E-state index in [1.54, 1.807) is 18.2 Å². The molecular weight excluding hydrogens is 272 g/mol. The first-order valence-electron chi connectivity index (χ1n) is 6.50. The van der Waals surface area contributed by atoms with E-state index in [-0.39, 0.29) is 17.5 Å². The molecule has 7 heteroatoms. The molecule has 0 aliphatic rings. The summed E-state index contributed by atoms with van der Waals surface area (Å²) in [5.74, 6) is 0.976. The van der Waals surface area contributed by atoms with Crippen LogP contribution >= 0.6 is 0 Å². The van der Waals surface area contributed by atoms with Crippen molar-refractivity contribution in [1.29, 1.82) is 0 Å². The van der Waals surface area contributed by atoms with Gasteiger partial charge in [0.25, 0.3) is 11.6 Å². The first kappa shape index (κ1) is 14.7. The largest absolute Gasteiger partial charge is 0.376 e. The fourth-order valence-electron chi connectivity index (χ4n) is 1.73. The van der Waals surface area contributed by atoms with Gasteiger partial charge in [0.2, 0.25) is 0 Å². The molecule has 1 aromatic carbocycles. The van der Waals surface area contributed by atoms with Crippen LogP contribution < -0.4 is 5.32 Å². The molecule has 0 saturated carbocycles. The highest BCUT2D eigenvalue weighted by atomic mass is 16.6. The molecule has 0 spiro atoms. The molecule has 0 unspecified atom stereocenters. The SMILES string of the molecule is C=CCNc1ccc(-c2nc(C(C)C)no2)cc1[N+](=O)[O-]. The topological polar surface area (TPSA) is 94.1 Å². The predicted molar refractivity (Wildman–Crippen MR) is 79.2 cm³/mol. The number of nitro groups is 1. The summed E-state index contributed by atoms with van der Waals surface area (Å²) in [6, 6.07) is 4.75. The zero-order valence-corrected chi connectivity index (χ0v) is 11.9. The van der Waals surface area contributed by atoms with Crippen LogP contribution in [0.15, 0.2) is 35.4 Å². The van der Waals surface area contributed by atoms with Gasteiger partial charge in [0.1, 0.15) is 5.69 Å². The minimum Gasteiger partial charge on any atom is -0.376 e. The van der Waals surface area contributed by atoms with Gasteiger partial charge < -0.3 is 9.84 Å². The van der Waals surface area contributed by atoms with E-state index in [2.05, 4.69) is 22.0 Å². The molecule has 0 aliphatic heterocycles. The average Bonchev–Trinajstić information content (AvgIpc) is 2.94. The van der Waals surface area contributed by atoms with E-state index in [0.29, 0.717) is 23.6 Å². The lowest BCUT2D eigenvalue weighted by molar-refractivity contribution is -0.383. The first-order chi connectivity index (χ1) is 10.0. The number of nitro benzene ring substituents is 1. The monoisotopic (exact) mass is 288 g/mol.